The normalized spacial score (nSPS) is 12.2. The Bertz CT molecular complexity index is 4010. The third kappa shape index (κ3) is 5.02. The fourth-order valence-corrected chi connectivity index (χ4v) is 10.9. The molecule has 4 heterocycles. The second-order valence-corrected chi connectivity index (χ2v) is 16.7. The van der Waals surface area contributed by atoms with Gasteiger partial charge in [0.15, 0.2) is 0 Å². The maximum atomic E-state index is 16.0. The van der Waals surface area contributed by atoms with Gasteiger partial charge in [-0.3, -0.25) is 0 Å². The van der Waals surface area contributed by atoms with E-state index >= 15 is 8.78 Å². The number of nitrogens with zero attached hydrogens (tertiary/aromatic N) is 2. The van der Waals surface area contributed by atoms with Crippen LogP contribution in [0.4, 0.5) is 8.78 Å². The van der Waals surface area contributed by atoms with Crippen molar-refractivity contribution in [1.29, 1.82) is 0 Å². The molecular formula is C58H38F2N2O2. The van der Waals surface area contributed by atoms with Crippen molar-refractivity contribution >= 4 is 87.5 Å². The minimum Gasteiger partial charge on any atom is -0.456 e. The van der Waals surface area contributed by atoms with E-state index < -0.39 is 0 Å². The van der Waals surface area contributed by atoms with Gasteiger partial charge < -0.3 is 18.0 Å². The van der Waals surface area contributed by atoms with Crippen LogP contribution in [-0.4, -0.2) is 9.13 Å². The van der Waals surface area contributed by atoms with E-state index in [0.717, 1.165) is 132 Å². The molecule has 0 aliphatic carbocycles. The summed E-state index contributed by atoms with van der Waals surface area (Å²) < 4.78 is 50.0. The van der Waals surface area contributed by atoms with Crippen molar-refractivity contribution in [2.24, 2.45) is 0 Å². The number of fused-ring (bicyclic) bond motifs is 14. The molecule has 0 amide bonds. The topological polar surface area (TPSA) is 36.1 Å². The van der Waals surface area contributed by atoms with Crippen molar-refractivity contribution in [1.82, 2.24) is 9.13 Å². The Labute approximate surface area is 365 Å². The van der Waals surface area contributed by atoms with Crippen LogP contribution < -0.4 is 0 Å². The zero-order valence-corrected chi connectivity index (χ0v) is 35.0. The van der Waals surface area contributed by atoms with Gasteiger partial charge in [-0.2, -0.15) is 0 Å². The average Bonchev–Trinajstić information content (AvgIpc) is 4.08. The van der Waals surface area contributed by atoms with Crippen molar-refractivity contribution < 1.29 is 17.6 Å². The molecule has 0 saturated heterocycles. The van der Waals surface area contributed by atoms with Gasteiger partial charge in [-0.25, -0.2) is 8.78 Å². The van der Waals surface area contributed by atoms with Crippen LogP contribution in [0.1, 0.15) is 25.0 Å². The van der Waals surface area contributed by atoms with E-state index in [2.05, 4.69) is 114 Å². The lowest BCUT2D eigenvalue weighted by Crippen LogP contribution is -2.13. The first-order valence-corrected chi connectivity index (χ1v) is 21.9. The number of hydrogen-bond donors (Lipinski definition) is 0. The Kier molecular flexibility index (Phi) is 7.89. The molecule has 0 fully saturated rings. The zero-order valence-electron chi connectivity index (χ0n) is 35.0. The summed E-state index contributed by atoms with van der Waals surface area (Å²) in [7, 11) is 0. The highest BCUT2D eigenvalue weighted by atomic mass is 19.1. The SMILES string of the molecule is CCc1c(-c2cccc(F)c2)c(-n2c3ccccc3c3ccc4oc5ccccc5c4c32)c(-c2cccc(F)c2)c(CC)c1-n1c2ccccc2c2ccc3oc4ccccc4c3c21. The lowest BCUT2D eigenvalue weighted by Gasteiger charge is -2.29. The van der Waals surface area contributed by atoms with E-state index in [1.807, 2.05) is 42.5 Å². The minimum atomic E-state index is -0.340. The maximum absolute atomic E-state index is 16.0. The van der Waals surface area contributed by atoms with Gasteiger partial charge in [0.1, 0.15) is 34.0 Å². The van der Waals surface area contributed by atoms with E-state index in [4.69, 9.17) is 8.83 Å². The van der Waals surface area contributed by atoms with Crippen LogP contribution in [0.15, 0.2) is 179 Å². The van der Waals surface area contributed by atoms with Crippen molar-refractivity contribution in [2.45, 2.75) is 26.7 Å². The van der Waals surface area contributed by atoms with Crippen molar-refractivity contribution in [3.8, 4) is 33.6 Å². The first-order chi connectivity index (χ1) is 31.5. The van der Waals surface area contributed by atoms with Gasteiger partial charge in [-0.1, -0.05) is 111 Å². The third-order valence-corrected chi connectivity index (χ3v) is 13.4. The van der Waals surface area contributed by atoms with Gasteiger partial charge in [0.2, 0.25) is 0 Å². The standard InChI is InChI=1S/C58H38F2N2O2/c1-3-37-51(33-15-13-17-35(59)31-33)58(62-46-24-10-6-20-40(46)42-28-30-50-54(57(42)62)44-22-8-12-26-48(44)64-50)52(34-16-14-18-36(60)32-34)38(4-2)55(37)61-45-23-9-5-19-39(45)41-27-29-49-53(56(41)61)43-21-7-11-25-47(43)63-49/h5-32H,3-4H2,1-2H3. The summed E-state index contributed by atoms with van der Waals surface area (Å²) in [5.74, 6) is -0.680. The molecular weight excluding hydrogens is 795 g/mol. The second kappa shape index (κ2) is 13.8. The second-order valence-electron chi connectivity index (χ2n) is 16.7. The Morgan fingerprint density at radius 3 is 1.27 bits per heavy atom. The highest BCUT2D eigenvalue weighted by molar-refractivity contribution is 6.26. The molecule has 6 heteroatoms. The summed E-state index contributed by atoms with van der Waals surface area (Å²) in [6, 6.07) is 55.8. The molecule has 0 bridgehead atoms. The van der Waals surface area contributed by atoms with E-state index in [0.29, 0.717) is 12.8 Å². The predicted octanol–water partition coefficient (Wildman–Crippen LogP) is 16.4. The van der Waals surface area contributed by atoms with Crippen LogP contribution in [0.5, 0.6) is 0 Å². The predicted molar refractivity (Wildman–Crippen MR) is 259 cm³/mol. The molecule has 9 aromatic carbocycles. The molecule has 0 radical (unpaired) electrons. The molecule has 4 aromatic heterocycles. The van der Waals surface area contributed by atoms with E-state index in [-0.39, 0.29) is 11.6 Å². The highest BCUT2D eigenvalue weighted by Crippen LogP contribution is 2.52. The van der Waals surface area contributed by atoms with E-state index in [9.17, 15) is 0 Å². The quantitative estimate of drug-likeness (QED) is 0.167. The van der Waals surface area contributed by atoms with Crippen LogP contribution in [-0.2, 0) is 12.8 Å². The summed E-state index contributed by atoms with van der Waals surface area (Å²) >= 11 is 0. The molecule has 4 nitrogen and oxygen atoms in total. The molecule has 0 unspecified atom stereocenters. The van der Waals surface area contributed by atoms with Gasteiger partial charge in [-0.15, -0.1) is 0 Å². The summed E-state index contributed by atoms with van der Waals surface area (Å²) in [6.45, 7) is 4.38. The van der Waals surface area contributed by atoms with Gasteiger partial charge >= 0.3 is 0 Å². The van der Waals surface area contributed by atoms with E-state index in [1.54, 1.807) is 24.3 Å². The average molecular weight is 833 g/mol. The van der Waals surface area contributed by atoms with Crippen molar-refractivity contribution in [3.05, 3.63) is 193 Å². The van der Waals surface area contributed by atoms with Gasteiger partial charge in [-0.05, 0) is 108 Å². The molecule has 0 aliphatic heterocycles. The first-order valence-electron chi connectivity index (χ1n) is 21.9. The summed E-state index contributed by atoms with van der Waals surface area (Å²) in [6.07, 6.45) is 1.20. The number of para-hydroxylation sites is 4. The van der Waals surface area contributed by atoms with Crippen LogP contribution in [0.3, 0.4) is 0 Å². The zero-order chi connectivity index (χ0) is 42.8. The van der Waals surface area contributed by atoms with Gasteiger partial charge in [0, 0.05) is 43.4 Å². The Balaban J connectivity index is 1.33. The smallest absolute Gasteiger partial charge is 0.137 e. The molecule has 0 spiro atoms. The number of rotatable bonds is 6. The number of hydrogen-bond acceptors (Lipinski definition) is 2. The minimum absolute atomic E-state index is 0.340. The van der Waals surface area contributed by atoms with Crippen molar-refractivity contribution in [2.75, 3.05) is 0 Å². The highest BCUT2D eigenvalue weighted by Gasteiger charge is 2.32. The maximum Gasteiger partial charge on any atom is 0.137 e. The van der Waals surface area contributed by atoms with Crippen molar-refractivity contribution in [3.63, 3.8) is 0 Å². The van der Waals surface area contributed by atoms with Crippen LogP contribution in [0.25, 0.3) is 121 Å². The monoisotopic (exact) mass is 832 g/mol. The summed E-state index contributed by atoms with van der Waals surface area (Å²) in [4.78, 5) is 0. The van der Waals surface area contributed by atoms with E-state index in [1.165, 1.54) is 12.1 Å². The molecule has 0 saturated carbocycles. The van der Waals surface area contributed by atoms with Crippen LogP contribution in [0, 0.1) is 11.6 Å². The van der Waals surface area contributed by atoms with Crippen LogP contribution in [0.2, 0.25) is 0 Å². The number of aromatic nitrogens is 2. The van der Waals surface area contributed by atoms with Gasteiger partial charge in [0.25, 0.3) is 0 Å². The molecule has 0 atom stereocenters. The Morgan fingerprint density at radius 2 is 0.812 bits per heavy atom. The molecule has 13 rings (SSSR count). The lowest BCUT2D eigenvalue weighted by molar-refractivity contribution is 0.628. The number of furan rings is 2. The van der Waals surface area contributed by atoms with Gasteiger partial charge in [0.05, 0.1) is 44.2 Å². The number of halogens is 2. The Morgan fingerprint density at radius 1 is 0.391 bits per heavy atom. The largest absolute Gasteiger partial charge is 0.456 e. The molecule has 0 N–H and O–H groups in total. The van der Waals surface area contributed by atoms with Crippen LogP contribution >= 0.6 is 0 Å². The lowest BCUT2D eigenvalue weighted by atomic mass is 9.84. The first kappa shape index (κ1) is 36.7. The summed E-state index contributed by atoms with van der Waals surface area (Å²) in [5, 5.41) is 8.35. The third-order valence-electron chi connectivity index (χ3n) is 13.4. The summed E-state index contributed by atoms with van der Waals surface area (Å²) in [5.41, 5.74) is 14.3. The Hall–Kier alpha value is -7.96. The fraction of sp³-hybridized carbons (Fsp3) is 0.0690. The molecule has 64 heavy (non-hydrogen) atoms. The fourth-order valence-electron chi connectivity index (χ4n) is 10.9. The molecule has 13 aromatic rings. The number of benzene rings is 9. The molecule has 0 aliphatic rings. The molecule has 306 valence electrons.